The van der Waals surface area contributed by atoms with Crippen molar-refractivity contribution in [2.24, 2.45) is 5.92 Å². The van der Waals surface area contributed by atoms with Crippen LogP contribution in [0.2, 0.25) is 5.02 Å². The van der Waals surface area contributed by atoms with Crippen LogP contribution in [-0.2, 0) is 16.1 Å². The quantitative estimate of drug-likeness (QED) is 0.769. The standard InChI is InChI=1S/C23H25ClN2O2/c1-17-7-8-18(15-21(17)24)9-10-22(27)26-13-11-20(12-14-26)23(28)25-16-19-5-3-2-4-6-19/h2-10,15,20H,11-14,16H2,1H3,(H,25,28)/b10-9+. The van der Waals surface area contributed by atoms with Crippen LogP contribution in [-0.4, -0.2) is 29.8 Å². The van der Waals surface area contributed by atoms with Crippen molar-refractivity contribution in [3.05, 3.63) is 76.3 Å². The summed E-state index contributed by atoms with van der Waals surface area (Å²) in [7, 11) is 0. The zero-order chi connectivity index (χ0) is 19.9. The number of hydrogen-bond donors (Lipinski definition) is 1. The summed E-state index contributed by atoms with van der Waals surface area (Å²) < 4.78 is 0. The Hall–Kier alpha value is -2.59. The molecule has 4 nitrogen and oxygen atoms in total. The molecule has 1 saturated heterocycles. The highest BCUT2D eigenvalue weighted by Gasteiger charge is 2.26. The molecule has 1 fully saturated rings. The summed E-state index contributed by atoms with van der Waals surface area (Å²) in [6.07, 6.45) is 4.75. The van der Waals surface area contributed by atoms with Crippen molar-refractivity contribution in [2.45, 2.75) is 26.3 Å². The Labute approximate surface area is 171 Å². The lowest BCUT2D eigenvalue weighted by molar-refractivity contribution is -0.132. The molecular formula is C23H25ClN2O2. The second-order valence-electron chi connectivity index (χ2n) is 7.14. The van der Waals surface area contributed by atoms with E-state index in [0.29, 0.717) is 37.5 Å². The molecule has 0 radical (unpaired) electrons. The number of nitrogens with one attached hydrogen (secondary N) is 1. The molecule has 0 bridgehead atoms. The fourth-order valence-electron chi connectivity index (χ4n) is 3.28. The lowest BCUT2D eigenvalue weighted by Crippen LogP contribution is -2.42. The minimum Gasteiger partial charge on any atom is -0.352 e. The van der Waals surface area contributed by atoms with Gasteiger partial charge in [0.05, 0.1) is 0 Å². The summed E-state index contributed by atoms with van der Waals surface area (Å²) in [5, 5.41) is 3.69. The van der Waals surface area contributed by atoms with Gasteiger partial charge < -0.3 is 10.2 Å². The zero-order valence-corrected chi connectivity index (χ0v) is 16.8. The van der Waals surface area contributed by atoms with Crippen molar-refractivity contribution in [3.8, 4) is 0 Å². The predicted molar refractivity (Wildman–Crippen MR) is 113 cm³/mol. The van der Waals surface area contributed by atoms with Crippen LogP contribution in [0.5, 0.6) is 0 Å². The third-order valence-corrected chi connectivity index (χ3v) is 5.51. The predicted octanol–water partition coefficient (Wildman–Crippen LogP) is 4.22. The first-order chi connectivity index (χ1) is 13.5. The Morgan fingerprint density at radius 2 is 1.86 bits per heavy atom. The van der Waals surface area contributed by atoms with E-state index in [4.69, 9.17) is 11.6 Å². The first-order valence-electron chi connectivity index (χ1n) is 9.57. The lowest BCUT2D eigenvalue weighted by atomic mass is 9.95. The van der Waals surface area contributed by atoms with E-state index in [1.54, 1.807) is 17.1 Å². The molecule has 1 heterocycles. The Kier molecular flexibility index (Phi) is 6.88. The van der Waals surface area contributed by atoms with Crippen LogP contribution in [0, 0.1) is 12.8 Å². The summed E-state index contributed by atoms with van der Waals surface area (Å²) in [4.78, 5) is 26.6. The van der Waals surface area contributed by atoms with Crippen LogP contribution in [0.1, 0.15) is 29.5 Å². The van der Waals surface area contributed by atoms with Crippen LogP contribution in [0.3, 0.4) is 0 Å². The number of rotatable bonds is 5. The lowest BCUT2D eigenvalue weighted by Gasteiger charge is -2.30. The molecule has 2 amide bonds. The molecule has 28 heavy (non-hydrogen) atoms. The molecule has 1 N–H and O–H groups in total. The van der Waals surface area contributed by atoms with E-state index in [1.165, 1.54) is 0 Å². The van der Waals surface area contributed by atoms with Crippen molar-refractivity contribution in [2.75, 3.05) is 13.1 Å². The third kappa shape index (κ3) is 5.46. The highest BCUT2D eigenvalue weighted by Crippen LogP contribution is 2.20. The molecular weight excluding hydrogens is 372 g/mol. The summed E-state index contributed by atoms with van der Waals surface area (Å²) in [5.41, 5.74) is 3.00. The second-order valence-corrected chi connectivity index (χ2v) is 7.55. The number of amides is 2. The molecule has 5 heteroatoms. The van der Waals surface area contributed by atoms with Gasteiger partial charge in [0, 0.05) is 36.7 Å². The van der Waals surface area contributed by atoms with Gasteiger partial charge in [-0.05, 0) is 48.6 Å². The molecule has 0 atom stereocenters. The van der Waals surface area contributed by atoms with Gasteiger partial charge in [-0.15, -0.1) is 0 Å². The number of halogens is 1. The van der Waals surface area contributed by atoms with E-state index in [9.17, 15) is 9.59 Å². The van der Waals surface area contributed by atoms with E-state index in [0.717, 1.165) is 16.7 Å². The van der Waals surface area contributed by atoms with E-state index < -0.39 is 0 Å². The maximum absolute atomic E-state index is 12.4. The minimum absolute atomic E-state index is 0.0279. The average Bonchev–Trinajstić information content (AvgIpc) is 2.73. The van der Waals surface area contributed by atoms with Crippen LogP contribution in [0.4, 0.5) is 0 Å². The molecule has 146 valence electrons. The fraction of sp³-hybridized carbons (Fsp3) is 0.304. The number of aryl methyl sites for hydroxylation is 1. The summed E-state index contributed by atoms with van der Waals surface area (Å²) >= 11 is 6.12. The fourth-order valence-corrected chi connectivity index (χ4v) is 3.47. The first kappa shape index (κ1) is 20.2. The summed E-state index contributed by atoms with van der Waals surface area (Å²) in [6, 6.07) is 15.6. The number of piperidine rings is 1. The van der Waals surface area contributed by atoms with Crippen molar-refractivity contribution >= 4 is 29.5 Å². The van der Waals surface area contributed by atoms with Crippen LogP contribution in [0.25, 0.3) is 6.08 Å². The Bertz CT molecular complexity index is 856. The van der Waals surface area contributed by atoms with Crippen molar-refractivity contribution in [1.82, 2.24) is 10.2 Å². The maximum atomic E-state index is 12.4. The van der Waals surface area contributed by atoms with E-state index >= 15 is 0 Å². The molecule has 1 aliphatic heterocycles. The Balaban J connectivity index is 1.46. The van der Waals surface area contributed by atoms with Crippen molar-refractivity contribution in [3.63, 3.8) is 0 Å². The van der Waals surface area contributed by atoms with Crippen molar-refractivity contribution < 1.29 is 9.59 Å². The highest BCUT2D eigenvalue weighted by molar-refractivity contribution is 6.31. The molecule has 2 aromatic rings. The zero-order valence-electron chi connectivity index (χ0n) is 16.0. The van der Waals surface area contributed by atoms with Crippen LogP contribution >= 0.6 is 11.6 Å². The largest absolute Gasteiger partial charge is 0.352 e. The smallest absolute Gasteiger partial charge is 0.246 e. The van der Waals surface area contributed by atoms with E-state index in [1.807, 2.05) is 55.5 Å². The molecule has 0 saturated carbocycles. The van der Waals surface area contributed by atoms with Gasteiger partial charge in [0.2, 0.25) is 11.8 Å². The number of carbonyl (C=O) groups is 2. The molecule has 3 rings (SSSR count). The monoisotopic (exact) mass is 396 g/mol. The molecule has 1 aliphatic rings. The van der Waals surface area contributed by atoms with E-state index in [-0.39, 0.29) is 17.7 Å². The van der Waals surface area contributed by atoms with Gasteiger partial charge >= 0.3 is 0 Å². The van der Waals surface area contributed by atoms with Gasteiger partial charge in [0.15, 0.2) is 0 Å². The molecule has 2 aromatic carbocycles. The number of nitrogens with zero attached hydrogens (tertiary/aromatic N) is 1. The SMILES string of the molecule is Cc1ccc(/C=C/C(=O)N2CCC(C(=O)NCc3ccccc3)CC2)cc1Cl. The van der Waals surface area contributed by atoms with Gasteiger partial charge in [-0.3, -0.25) is 9.59 Å². The topological polar surface area (TPSA) is 49.4 Å². The van der Waals surface area contributed by atoms with Crippen LogP contribution in [0.15, 0.2) is 54.6 Å². The van der Waals surface area contributed by atoms with E-state index in [2.05, 4.69) is 5.32 Å². The molecule has 0 aromatic heterocycles. The third-order valence-electron chi connectivity index (χ3n) is 5.10. The summed E-state index contributed by atoms with van der Waals surface area (Å²) in [5.74, 6) is 0.00767. The minimum atomic E-state index is -0.0346. The highest BCUT2D eigenvalue weighted by atomic mass is 35.5. The van der Waals surface area contributed by atoms with Gasteiger partial charge in [-0.1, -0.05) is 54.1 Å². The van der Waals surface area contributed by atoms with Gasteiger partial charge in [-0.25, -0.2) is 0 Å². The summed E-state index contributed by atoms with van der Waals surface area (Å²) in [6.45, 7) is 3.68. The number of benzene rings is 2. The van der Waals surface area contributed by atoms with Gasteiger partial charge in [-0.2, -0.15) is 0 Å². The molecule has 0 spiro atoms. The van der Waals surface area contributed by atoms with Crippen molar-refractivity contribution in [1.29, 1.82) is 0 Å². The van der Waals surface area contributed by atoms with Gasteiger partial charge in [0.25, 0.3) is 0 Å². The average molecular weight is 397 g/mol. The normalized spacial score (nSPS) is 15.0. The Morgan fingerprint density at radius 3 is 2.54 bits per heavy atom. The number of likely N-dealkylation sites (tertiary alicyclic amines) is 1. The van der Waals surface area contributed by atoms with Crippen LogP contribution < -0.4 is 5.32 Å². The molecule has 0 unspecified atom stereocenters. The van der Waals surface area contributed by atoms with Gasteiger partial charge in [0.1, 0.15) is 0 Å². The number of hydrogen-bond acceptors (Lipinski definition) is 2. The Morgan fingerprint density at radius 1 is 1.14 bits per heavy atom. The second kappa shape index (κ2) is 9.56. The first-order valence-corrected chi connectivity index (χ1v) is 9.95. The number of carbonyl (C=O) groups excluding carboxylic acids is 2. The maximum Gasteiger partial charge on any atom is 0.246 e. The molecule has 0 aliphatic carbocycles.